The Balaban J connectivity index is 2.17. The van der Waals surface area contributed by atoms with Crippen LogP contribution in [0.25, 0.3) is 20.8 Å². The summed E-state index contributed by atoms with van der Waals surface area (Å²) in [7, 11) is 0. The fourth-order valence-corrected chi connectivity index (χ4v) is 2.88. The molecule has 0 aliphatic carbocycles. The Kier molecular flexibility index (Phi) is 2.68. The van der Waals surface area contributed by atoms with Gasteiger partial charge in [-0.05, 0) is 30.3 Å². The summed E-state index contributed by atoms with van der Waals surface area (Å²) in [6.07, 6.45) is 0. The fourth-order valence-electron chi connectivity index (χ4n) is 1.89. The summed E-state index contributed by atoms with van der Waals surface area (Å²) in [4.78, 5) is 15.7. The van der Waals surface area contributed by atoms with Crippen LogP contribution in [0.5, 0.6) is 0 Å². The van der Waals surface area contributed by atoms with Crippen LogP contribution in [-0.4, -0.2) is 10.9 Å². The normalized spacial score (nSPS) is 10.7. The second kappa shape index (κ2) is 4.37. The maximum absolute atomic E-state index is 11.2. The third kappa shape index (κ3) is 2.04. The molecule has 3 aromatic rings. The highest BCUT2D eigenvalue weighted by Crippen LogP contribution is 2.33. The predicted molar refractivity (Wildman–Crippen MR) is 78.0 cm³/mol. The number of nitrogen functional groups attached to an aromatic ring is 1. The lowest BCUT2D eigenvalue weighted by Crippen LogP contribution is -2.10. The molecule has 2 aromatic carbocycles. The van der Waals surface area contributed by atoms with Gasteiger partial charge in [0, 0.05) is 16.8 Å². The van der Waals surface area contributed by atoms with Crippen molar-refractivity contribution >= 4 is 33.1 Å². The minimum Gasteiger partial charge on any atom is -0.398 e. The third-order valence-corrected chi connectivity index (χ3v) is 3.93. The minimum atomic E-state index is -0.448. The van der Waals surface area contributed by atoms with E-state index in [2.05, 4.69) is 4.98 Å². The monoisotopic (exact) mass is 269 g/mol. The van der Waals surface area contributed by atoms with Gasteiger partial charge < -0.3 is 11.5 Å². The topological polar surface area (TPSA) is 82.0 Å². The first-order chi connectivity index (χ1) is 9.15. The van der Waals surface area contributed by atoms with E-state index in [-0.39, 0.29) is 0 Å². The van der Waals surface area contributed by atoms with Crippen molar-refractivity contribution in [2.24, 2.45) is 5.73 Å². The van der Waals surface area contributed by atoms with Gasteiger partial charge in [-0.1, -0.05) is 12.1 Å². The first-order valence-corrected chi connectivity index (χ1v) is 6.52. The number of rotatable bonds is 2. The lowest BCUT2D eigenvalue weighted by molar-refractivity contribution is 0.100. The molecule has 4 N–H and O–H groups in total. The van der Waals surface area contributed by atoms with E-state index >= 15 is 0 Å². The Morgan fingerprint density at radius 3 is 2.68 bits per heavy atom. The number of hydrogen-bond acceptors (Lipinski definition) is 4. The van der Waals surface area contributed by atoms with E-state index in [0.717, 1.165) is 20.8 Å². The molecule has 0 aliphatic rings. The molecular weight excluding hydrogens is 258 g/mol. The van der Waals surface area contributed by atoms with Gasteiger partial charge in [0.05, 0.1) is 10.2 Å². The smallest absolute Gasteiger partial charge is 0.248 e. The van der Waals surface area contributed by atoms with E-state index in [1.165, 1.54) is 0 Å². The average molecular weight is 269 g/mol. The molecule has 0 bridgehead atoms. The van der Waals surface area contributed by atoms with Gasteiger partial charge in [-0.3, -0.25) is 4.79 Å². The van der Waals surface area contributed by atoms with Crippen molar-refractivity contribution in [3.63, 3.8) is 0 Å². The second-order valence-electron chi connectivity index (χ2n) is 4.15. The summed E-state index contributed by atoms with van der Waals surface area (Å²) >= 11 is 1.54. The largest absolute Gasteiger partial charge is 0.398 e. The van der Waals surface area contributed by atoms with E-state index < -0.39 is 5.91 Å². The molecule has 0 saturated carbocycles. The molecule has 94 valence electrons. The molecule has 0 spiro atoms. The molecule has 4 nitrogen and oxygen atoms in total. The fraction of sp³-hybridized carbons (Fsp3) is 0. The quantitative estimate of drug-likeness (QED) is 0.702. The van der Waals surface area contributed by atoms with Crippen molar-refractivity contribution in [2.75, 3.05) is 5.73 Å². The van der Waals surface area contributed by atoms with Crippen LogP contribution in [0.15, 0.2) is 42.5 Å². The van der Waals surface area contributed by atoms with Gasteiger partial charge in [-0.15, -0.1) is 11.3 Å². The predicted octanol–water partition coefficient (Wildman–Crippen LogP) is 2.64. The number of nitrogens with zero attached hydrogens (tertiary/aromatic N) is 1. The maximum atomic E-state index is 11.2. The lowest BCUT2D eigenvalue weighted by Gasteiger charge is -1.99. The number of primary amides is 1. The first-order valence-electron chi connectivity index (χ1n) is 5.70. The number of aromatic nitrogens is 1. The Morgan fingerprint density at radius 2 is 1.95 bits per heavy atom. The molecule has 1 amide bonds. The van der Waals surface area contributed by atoms with E-state index in [1.807, 2.05) is 30.3 Å². The van der Waals surface area contributed by atoms with Crippen LogP contribution in [0.2, 0.25) is 0 Å². The molecular formula is C14H11N3OS. The summed E-state index contributed by atoms with van der Waals surface area (Å²) in [5, 5.41) is 0.842. The zero-order valence-electron chi connectivity index (χ0n) is 9.96. The van der Waals surface area contributed by atoms with Crippen molar-refractivity contribution in [3.8, 4) is 10.6 Å². The number of hydrogen-bond donors (Lipinski definition) is 2. The molecule has 0 atom stereocenters. The van der Waals surface area contributed by atoms with Gasteiger partial charge in [0.1, 0.15) is 5.01 Å². The average Bonchev–Trinajstić information content (AvgIpc) is 2.81. The highest BCUT2D eigenvalue weighted by molar-refractivity contribution is 7.21. The number of thiazole rings is 1. The van der Waals surface area contributed by atoms with Crippen LogP contribution >= 0.6 is 11.3 Å². The number of amides is 1. The molecule has 0 aliphatic heterocycles. The van der Waals surface area contributed by atoms with Gasteiger partial charge >= 0.3 is 0 Å². The zero-order chi connectivity index (χ0) is 13.4. The number of nitrogens with two attached hydrogens (primary N) is 2. The van der Waals surface area contributed by atoms with Crippen LogP contribution in [0, 0.1) is 0 Å². The number of anilines is 1. The Labute approximate surface area is 113 Å². The van der Waals surface area contributed by atoms with Crippen LogP contribution in [0.4, 0.5) is 5.69 Å². The lowest BCUT2D eigenvalue weighted by atomic mass is 10.2. The Morgan fingerprint density at radius 1 is 1.16 bits per heavy atom. The molecule has 19 heavy (non-hydrogen) atoms. The second-order valence-corrected chi connectivity index (χ2v) is 5.18. The number of fused-ring (bicyclic) bond motifs is 1. The third-order valence-electron chi connectivity index (χ3n) is 2.86. The summed E-state index contributed by atoms with van der Waals surface area (Å²) in [5.41, 5.74) is 14.0. The van der Waals surface area contributed by atoms with Gasteiger partial charge in [-0.25, -0.2) is 4.98 Å². The van der Waals surface area contributed by atoms with Gasteiger partial charge in [0.25, 0.3) is 0 Å². The number of benzene rings is 2. The van der Waals surface area contributed by atoms with Crippen molar-refractivity contribution in [1.82, 2.24) is 4.98 Å². The maximum Gasteiger partial charge on any atom is 0.248 e. The van der Waals surface area contributed by atoms with E-state index in [9.17, 15) is 4.79 Å². The SMILES string of the molecule is NC(=O)c1ccc2sc(-c3ccccc3N)nc2c1. The van der Waals surface area contributed by atoms with E-state index in [1.54, 1.807) is 23.5 Å². The zero-order valence-corrected chi connectivity index (χ0v) is 10.8. The molecule has 0 saturated heterocycles. The summed E-state index contributed by atoms with van der Waals surface area (Å²) in [6.45, 7) is 0. The number of para-hydroxylation sites is 1. The van der Waals surface area contributed by atoms with Gasteiger partial charge in [0.15, 0.2) is 0 Å². The molecule has 0 radical (unpaired) electrons. The summed E-state index contributed by atoms with van der Waals surface area (Å²) < 4.78 is 1.00. The van der Waals surface area contributed by atoms with Crippen molar-refractivity contribution < 1.29 is 4.79 Å². The highest BCUT2D eigenvalue weighted by atomic mass is 32.1. The summed E-state index contributed by atoms with van der Waals surface area (Å²) in [6, 6.07) is 12.9. The first kappa shape index (κ1) is 11.7. The van der Waals surface area contributed by atoms with Crippen molar-refractivity contribution in [3.05, 3.63) is 48.0 Å². The number of carbonyl (C=O) groups is 1. The number of carbonyl (C=O) groups excluding carboxylic acids is 1. The molecule has 5 heteroatoms. The minimum absolute atomic E-state index is 0.448. The van der Waals surface area contributed by atoms with E-state index in [4.69, 9.17) is 11.5 Å². The standard InChI is InChI=1S/C14H11N3OS/c15-10-4-2-1-3-9(10)14-17-11-7-8(13(16)18)5-6-12(11)19-14/h1-7H,15H2,(H2,16,18). The van der Waals surface area contributed by atoms with Gasteiger partial charge in [0.2, 0.25) is 5.91 Å². The molecule has 1 heterocycles. The van der Waals surface area contributed by atoms with E-state index in [0.29, 0.717) is 11.3 Å². The Hall–Kier alpha value is -2.40. The molecule has 0 unspecified atom stereocenters. The molecule has 1 aromatic heterocycles. The highest BCUT2D eigenvalue weighted by Gasteiger charge is 2.10. The molecule has 0 fully saturated rings. The van der Waals surface area contributed by atoms with Crippen LogP contribution in [0.1, 0.15) is 10.4 Å². The molecule has 3 rings (SSSR count). The van der Waals surface area contributed by atoms with Crippen LogP contribution in [-0.2, 0) is 0 Å². The van der Waals surface area contributed by atoms with Crippen molar-refractivity contribution in [1.29, 1.82) is 0 Å². The van der Waals surface area contributed by atoms with Gasteiger partial charge in [-0.2, -0.15) is 0 Å². The summed E-state index contributed by atoms with van der Waals surface area (Å²) in [5.74, 6) is -0.448. The Bertz CT molecular complexity index is 779. The van der Waals surface area contributed by atoms with Crippen LogP contribution in [0.3, 0.4) is 0 Å². The van der Waals surface area contributed by atoms with Crippen LogP contribution < -0.4 is 11.5 Å². The van der Waals surface area contributed by atoms with Crippen molar-refractivity contribution in [2.45, 2.75) is 0 Å².